The van der Waals surface area contributed by atoms with Gasteiger partial charge in [-0.3, -0.25) is 0 Å². The van der Waals surface area contributed by atoms with Gasteiger partial charge in [-0.2, -0.15) is 0 Å². The Morgan fingerprint density at radius 2 is 1.92 bits per heavy atom. The number of fused-ring (bicyclic) bond motifs is 1. The first-order valence-electron chi connectivity index (χ1n) is 8.95. The fraction of sp³-hybridized carbons (Fsp3) is 0.227. The highest BCUT2D eigenvalue weighted by molar-refractivity contribution is 5.87. The van der Waals surface area contributed by atoms with Gasteiger partial charge in [-0.05, 0) is 42.8 Å². The Hall–Kier alpha value is -2.85. The van der Waals surface area contributed by atoms with Crippen molar-refractivity contribution in [3.05, 3.63) is 78.2 Å². The third-order valence-electron chi connectivity index (χ3n) is 4.83. The smallest absolute Gasteiger partial charge is 0.150 e. The summed E-state index contributed by atoms with van der Waals surface area (Å²) in [7, 11) is 2.17. The topological polar surface area (TPSA) is 45.1 Å². The molecule has 0 radical (unpaired) electrons. The number of hydrogen-bond acceptors (Lipinski definition) is 3. The van der Waals surface area contributed by atoms with Gasteiger partial charge in [-0.1, -0.05) is 37.3 Å². The molecule has 1 N–H and O–H groups in total. The minimum atomic E-state index is 0.469. The van der Waals surface area contributed by atoms with E-state index in [0.717, 1.165) is 35.6 Å². The molecule has 0 aliphatic heterocycles. The minimum absolute atomic E-state index is 0.469. The Balaban J connectivity index is 1.61. The molecule has 132 valence electrons. The van der Waals surface area contributed by atoms with E-state index in [1.54, 1.807) is 6.26 Å². The van der Waals surface area contributed by atoms with Crippen LogP contribution in [0.25, 0.3) is 22.5 Å². The molecule has 0 unspecified atom stereocenters. The maximum absolute atomic E-state index is 5.64. The Kier molecular flexibility index (Phi) is 4.59. The van der Waals surface area contributed by atoms with Crippen LogP contribution in [0.4, 0.5) is 0 Å². The number of rotatable bonds is 6. The summed E-state index contributed by atoms with van der Waals surface area (Å²) < 4.78 is 5.64. The summed E-state index contributed by atoms with van der Waals surface area (Å²) in [5.41, 5.74) is 4.51. The molecule has 0 aliphatic rings. The van der Waals surface area contributed by atoms with Crippen molar-refractivity contribution in [1.82, 2.24) is 14.9 Å². The lowest BCUT2D eigenvalue weighted by Crippen LogP contribution is -2.23. The van der Waals surface area contributed by atoms with Crippen molar-refractivity contribution in [2.45, 2.75) is 19.4 Å². The molecular weight excluding hydrogens is 322 g/mol. The molecule has 4 rings (SSSR count). The first kappa shape index (κ1) is 16.6. The van der Waals surface area contributed by atoms with Crippen molar-refractivity contribution >= 4 is 11.0 Å². The normalized spacial score (nSPS) is 12.7. The second-order valence-corrected chi connectivity index (χ2v) is 6.86. The van der Waals surface area contributed by atoms with E-state index in [-0.39, 0.29) is 0 Å². The number of pyridine rings is 1. The Bertz CT molecular complexity index is 973. The molecule has 0 spiro atoms. The first-order valence-corrected chi connectivity index (χ1v) is 8.95. The number of nitrogens with zero attached hydrogens (tertiary/aromatic N) is 2. The first-order chi connectivity index (χ1) is 12.7. The van der Waals surface area contributed by atoms with Crippen molar-refractivity contribution in [2.75, 3.05) is 13.6 Å². The molecule has 0 saturated heterocycles. The van der Waals surface area contributed by atoms with Crippen molar-refractivity contribution < 1.29 is 4.42 Å². The molecule has 3 heterocycles. The molecule has 0 bridgehead atoms. The largest absolute Gasteiger partial charge is 0.463 e. The summed E-state index contributed by atoms with van der Waals surface area (Å²) in [6.45, 7) is 4.09. The number of hydrogen-bond donors (Lipinski definition) is 1. The molecule has 4 heteroatoms. The van der Waals surface area contributed by atoms with Crippen LogP contribution in [-0.4, -0.2) is 28.5 Å². The summed E-state index contributed by atoms with van der Waals surface area (Å²) in [6, 6.07) is 18.7. The third kappa shape index (κ3) is 3.28. The van der Waals surface area contributed by atoms with Gasteiger partial charge < -0.3 is 14.3 Å². The van der Waals surface area contributed by atoms with Gasteiger partial charge in [0.2, 0.25) is 0 Å². The molecule has 3 aromatic heterocycles. The van der Waals surface area contributed by atoms with Gasteiger partial charge in [0, 0.05) is 30.2 Å². The molecule has 0 saturated carbocycles. The third-order valence-corrected chi connectivity index (χ3v) is 4.83. The van der Waals surface area contributed by atoms with Crippen LogP contribution in [0.5, 0.6) is 0 Å². The molecule has 4 aromatic rings. The number of aromatic amines is 1. The quantitative estimate of drug-likeness (QED) is 0.531. The van der Waals surface area contributed by atoms with Crippen molar-refractivity contribution in [2.24, 2.45) is 0 Å². The van der Waals surface area contributed by atoms with E-state index in [1.807, 2.05) is 24.4 Å². The maximum Gasteiger partial charge on any atom is 0.150 e. The molecule has 1 atom stereocenters. The number of H-pyrrole nitrogens is 1. The van der Waals surface area contributed by atoms with Crippen LogP contribution in [0, 0.1) is 0 Å². The van der Waals surface area contributed by atoms with Crippen molar-refractivity contribution in [3.63, 3.8) is 0 Å². The van der Waals surface area contributed by atoms with Gasteiger partial charge in [-0.25, -0.2) is 4.98 Å². The number of aromatic nitrogens is 2. The van der Waals surface area contributed by atoms with Crippen LogP contribution < -0.4 is 0 Å². The predicted octanol–water partition coefficient (Wildman–Crippen LogP) is 5.06. The van der Waals surface area contributed by atoms with Gasteiger partial charge in [0.1, 0.15) is 11.4 Å². The molecular formula is C22H23N3O. The monoisotopic (exact) mass is 345 g/mol. The molecule has 0 fully saturated rings. The lowest BCUT2D eigenvalue weighted by atomic mass is 10.0. The van der Waals surface area contributed by atoms with Gasteiger partial charge in [-0.15, -0.1) is 0 Å². The average Bonchev–Trinajstić information content (AvgIpc) is 3.31. The van der Waals surface area contributed by atoms with E-state index < -0.39 is 0 Å². The maximum atomic E-state index is 5.64. The average molecular weight is 345 g/mol. The molecule has 0 aliphatic carbocycles. The van der Waals surface area contributed by atoms with Gasteiger partial charge in [0.25, 0.3) is 0 Å². The van der Waals surface area contributed by atoms with E-state index in [4.69, 9.17) is 4.42 Å². The highest BCUT2D eigenvalue weighted by Crippen LogP contribution is 2.31. The van der Waals surface area contributed by atoms with Gasteiger partial charge in [0.15, 0.2) is 0 Å². The van der Waals surface area contributed by atoms with E-state index >= 15 is 0 Å². The Morgan fingerprint density at radius 1 is 1.08 bits per heavy atom. The fourth-order valence-corrected chi connectivity index (χ4v) is 3.56. The summed E-state index contributed by atoms with van der Waals surface area (Å²) in [5.74, 6) is 1.32. The zero-order valence-corrected chi connectivity index (χ0v) is 15.1. The lowest BCUT2D eigenvalue weighted by Gasteiger charge is -2.22. The van der Waals surface area contributed by atoms with Crippen LogP contribution in [-0.2, 0) is 6.54 Å². The SMILES string of the molecule is C[C@H](CN(C)Cc1c(-c2ccco2)[nH]c2ncccc12)c1ccccc1. The molecule has 0 amide bonds. The standard InChI is InChI=1S/C22H23N3O/c1-16(17-8-4-3-5-9-17)14-25(2)15-19-18-10-6-12-23-22(18)24-21(19)20-11-7-13-26-20/h3-13,16H,14-15H2,1-2H3,(H,23,24)/t16-/m1/s1. The number of likely N-dealkylation sites (N-methyl/N-ethyl adjacent to an activating group) is 1. The second-order valence-electron chi connectivity index (χ2n) is 6.86. The highest BCUT2D eigenvalue weighted by atomic mass is 16.3. The summed E-state index contributed by atoms with van der Waals surface area (Å²) in [6.07, 6.45) is 3.52. The predicted molar refractivity (Wildman–Crippen MR) is 105 cm³/mol. The summed E-state index contributed by atoms with van der Waals surface area (Å²) >= 11 is 0. The fourth-order valence-electron chi connectivity index (χ4n) is 3.56. The Morgan fingerprint density at radius 3 is 2.69 bits per heavy atom. The van der Waals surface area contributed by atoms with E-state index in [9.17, 15) is 0 Å². The van der Waals surface area contributed by atoms with E-state index in [1.165, 1.54) is 11.1 Å². The molecule has 1 aromatic carbocycles. The van der Waals surface area contributed by atoms with Crippen LogP contribution in [0.2, 0.25) is 0 Å². The van der Waals surface area contributed by atoms with E-state index in [2.05, 4.69) is 65.2 Å². The van der Waals surface area contributed by atoms with E-state index in [0.29, 0.717) is 5.92 Å². The number of nitrogens with one attached hydrogen (secondary N) is 1. The zero-order chi connectivity index (χ0) is 17.9. The van der Waals surface area contributed by atoms with Crippen LogP contribution in [0.15, 0.2) is 71.5 Å². The molecule has 26 heavy (non-hydrogen) atoms. The van der Waals surface area contributed by atoms with Gasteiger partial charge in [0.05, 0.1) is 12.0 Å². The summed E-state index contributed by atoms with van der Waals surface area (Å²) in [4.78, 5) is 10.3. The second kappa shape index (κ2) is 7.18. The van der Waals surface area contributed by atoms with Crippen LogP contribution >= 0.6 is 0 Å². The zero-order valence-electron chi connectivity index (χ0n) is 15.1. The Labute approximate surface area is 153 Å². The van der Waals surface area contributed by atoms with Gasteiger partial charge >= 0.3 is 0 Å². The highest BCUT2D eigenvalue weighted by Gasteiger charge is 2.18. The van der Waals surface area contributed by atoms with Crippen molar-refractivity contribution in [1.29, 1.82) is 0 Å². The summed E-state index contributed by atoms with van der Waals surface area (Å²) in [5, 5.41) is 1.15. The number of benzene rings is 1. The van der Waals surface area contributed by atoms with Crippen molar-refractivity contribution in [3.8, 4) is 11.5 Å². The van der Waals surface area contributed by atoms with Crippen LogP contribution in [0.3, 0.4) is 0 Å². The molecule has 4 nitrogen and oxygen atoms in total. The number of furan rings is 1. The van der Waals surface area contributed by atoms with Crippen LogP contribution in [0.1, 0.15) is 24.0 Å². The minimum Gasteiger partial charge on any atom is -0.463 e. The lowest BCUT2D eigenvalue weighted by molar-refractivity contribution is 0.311.